The lowest BCUT2D eigenvalue weighted by Crippen LogP contribution is -2.30. The minimum Gasteiger partial charge on any atom is -0.496 e. The molecule has 0 radical (unpaired) electrons. The smallest absolute Gasteiger partial charge is 0.262 e. The monoisotopic (exact) mass is 452 g/mol. The van der Waals surface area contributed by atoms with E-state index >= 15 is 0 Å². The standard InChI is InChI=1S/C24H28N4O3S/c1-17-16-23(18(2)15-22(17)31-3)32(29,30)27-20-9-7-19(8-10-20)21-11-12-24(26-25-21)28-13-5-4-6-14-28/h7-12,15-16,27H,4-6,13-14H2,1-3H3. The predicted molar refractivity (Wildman–Crippen MR) is 127 cm³/mol. The molecule has 1 saturated heterocycles. The number of sulfonamides is 1. The number of piperidine rings is 1. The second kappa shape index (κ2) is 9.16. The first kappa shape index (κ1) is 22.1. The number of hydrogen-bond acceptors (Lipinski definition) is 6. The lowest BCUT2D eigenvalue weighted by atomic mass is 10.1. The molecule has 3 aromatic rings. The Bertz CT molecular complexity index is 1190. The van der Waals surface area contributed by atoms with Crippen molar-refractivity contribution in [1.82, 2.24) is 10.2 Å². The molecule has 1 aliphatic heterocycles. The van der Waals surface area contributed by atoms with Gasteiger partial charge in [0.25, 0.3) is 10.0 Å². The number of nitrogens with zero attached hydrogens (tertiary/aromatic N) is 3. The highest BCUT2D eigenvalue weighted by Crippen LogP contribution is 2.28. The minimum absolute atomic E-state index is 0.235. The number of methoxy groups -OCH3 is 1. The Hall–Kier alpha value is -3.13. The molecular formula is C24H28N4O3S. The van der Waals surface area contributed by atoms with Gasteiger partial charge in [-0.1, -0.05) is 12.1 Å². The summed E-state index contributed by atoms with van der Waals surface area (Å²) in [5.41, 5.74) is 3.50. The average molecular weight is 453 g/mol. The van der Waals surface area contributed by atoms with Crippen LogP contribution in [-0.2, 0) is 10.0 Å². The molecule has 4 rings (SSSR count). The number of aryl methyl sites for hydroxylation is 2. The van der Waals surface area contributed by atoms with Crippen LogP contribution >= 0.6 is 0 Å². The number of aromatic nitrogens is 2. The van der Waals surface area contributed by atoms with Crippen molar-refractivity contribution >= 4 is 21.5 Å². The number of hydrogen-bond donors (Lipinski definition) is 1. The molecule has 1 aromatic heterocycles. The van der Waals surface area contributed by atoms with Crippen molar-refractivity contribution < 1.29 is 13.2 Å². The third kappa shape index (κ3) is 4.70. The molecule has 168 valence electrons. The highest BCUT2D eigenvalue weighted by Gasteiger charge is 2.19. The first-order valence-corrected chi connectivity index (χ1v) is 12.2. The Kier molecular flexibility index (Phi) is 6.32. The molecule has 0 unspecified atom stereocenters. The summed E-state index contributed by atoms with van der Waals surface area (Å²) in [6.45, 7) is 5.63. The summed E-state index contributed by atoms with van der Waals surface area (Å²) in [4.78, 5) is 2.50. The van der Waals surface area contributed by atoms with Crippen LogP contribution in [0, 0.1) is 13.8 Å². The molecule has 0 bridgehead atoms. The largest absolute Gasteiger partial charge is 0.496 e. The van der Waals surface area contributed by atoms with Gasteiger partial charge in [0.05, 0.1) is 17.7 Å². The third-order valence-electron chi connectivity index (χ3n) is 5.75. The molecule has 32 heavy (non-hydrogen) atoms. The second-order valence-corrected chi connectivity index (χ2v) is 9.75. The van der Waals surface area contributed by atoms with Crippen LogP contribution in [0.3, 0.4) is 0 Å². The van der Waals surface area contributed by atoms with E-state index in [0.29, 0.717) is 17.0 Å². The summed E-state index contributed by atoms with van der Waals surface area (Å²) < 4.78 is 33.8. The van der Waals surface area contributed by atoms with Gasteiger partial charge in [0.1, 0.15) is 5.75 Å². The zero-order chi connectivity index (χ0) is 22.7. The number of rotatable bonds is 6. The van der Waals surface area contributed by atoms with Gasteiger partial charge in [-0.3, -0.25) is 4.72 Å². The summed E-state index contributed by atoms with van der Waals surface area (Å²) in [5.74, 6) is 1.57. The van der Waals surface area contributed by atoms with E-state index in [0.717, 1.165) is 35.7 Å². The van der Waals surface area contributed by atoms with Gasteiger partial charge in [-0.05, 0) is 80.6 Å². The lowest BCUT2D eigenvalue weighted by Gasteiger charge is -2.27. The Morgan fingerprint density at radius 1 is 0.906 bits per heavy atom. The minimum atomic E-state index is -3.73. The van der Waals surface area contributed by atoms with Gasteiger partial charge in [0, 0.05) is 24.3 Å². The van der Waals surface area contributed by atoms with Gasteiger partial charge in [-0.2, -0.15) is 0 Å². The van der Waals surface area contributed by atoms with Crippen LogP contribution in [0.4, 0.5) is 11.5 Å². The summed E-state index contributed by atoms with van der Waals surface area (Å²) in [7, 11) is -2.16. The van der Waals surface area contributed by atoms with E-state index in [-0.39, 0.29) is 4.90 Å². The van der Waals surface area contributed by atoms with Gasteiger partial charge < -0.3 is 9.64 Å². The van der Waals surface area contributed by atoms with E-state index in [1.807, 2.05) is 31.2 Å². The fourth-order valence-electron chi connectivity index (χ4n) is 3.96. The summed E-state index contributed by atoms with van der Waals surface area (Å²) in [5, 5.41) is 8.76. The molecular weight excluding hydrogens is 424 g/mol. The SMILES string of the molecule is COc1cc(C)c(S(=O)(=O)Nc2ccc(-c3ccc(N4CCCCC4)nn3)cc2)cc1C. The molecule has 1 N–H and O–H groups in total. The van der Waals surface area contributed by atoms with E-state index < -0.39 is 10.0 Å². The highest BCUT2D eigenvalue weighted by molar-refractivity contribution is 7.92. The van der Waals surface area contributed by atoms with Crippen molar-refractivity contribution in [2.24, 2.45) is 0 Å². The van der Waals surface area contributed by atoms with Gasteiger partial charge in [0.2, 0.25) is 0 Å². The quantitative estimate of drug-likeness (QED) is 0.590. The van der Waals surface area contributed by atoms with Crippen LogP contribution in [0.1, 0.15) is 30.4 Å². The number of benzene rings is 2. The lowest BCUT2D eigenvalue weighted by molar-refractivity contribution is 0.411. The van der Waals surface area contributed by atoms with Crippen LogP contribution < -0.4 is 14.4 Å². The molecule has 0 saturated carbocycles. The first-order valence-electron chi connectivity index (χ1n) is 10.7. The molecule has 0 spiro atoms. The van der Waals surface area contributed by atoms with Crippen LogP contribution in [-0.4, -0.2) is 38.8 Å². The highest BCUT2D eigenvalue weighted by atomic mass is 32.2. The maximum Gasteiger partial charge on any atom is 0.262 e. The van der Waals surface area contributed by atoms with Crippen LogP contribution in [0.25, 0.3) is 11.3 Å². The summed E-state index contributed by atoms with van der Waals surface area (Å²) in [6.07, 6.45) is 3.66. The third-order valence-corrected chi connectivity index (χ3v) is 7.27. The van der Waals surface area contributed by atoms with Gasteiger partial charge in [0.15, 0.2) is 5.82 Å². The molecule has 1 aliphatic rings. The Labute approximate surface area is 189 Å². The number of anilines is 2. The number of ether oxygens (including phenoxy) is 1. The average Bonchev–Trinajstić information content (AvgIpc) is 2.81. The molecule has 0 atom stereocenters. The predicted octanol–water partition coefficient (Wildman–Crippen LogP) is 4.56. The first-order chi connectivity index (χ1) is 15.4. The van der Waals surface area contributed by atoms with Crippen molar-refractivity contribution in [3.05, 3.63) is 59.7 Å². The van der Waals surface area contributed by atoms with Gasteiger partial charge in [-0.15, -0.1) is 10.2 Å². The van der Waals surface area contributed by atoms with Gasteiger partial charge >= 0.3 is 0 Å². The summed E-state index contributed by atoms with van der Waals surface area (Å²) in [6, 6.07) is 14.5. The van der Waals surface area contributed by atoms with Crippen molar-refractivity contribution in [1.29, 1.82) is 0 Å². The van der Waals surface area contributed by atoms with Crippen molar-refractivity contribution in [3.8, 4) is 17.0 Å². The Morgan fingerprint density at radius 2 is 1.62 bits per heavy atom. The Morgan fingerprint density at radius 3 is 2.25 bits per heavy atom. The van der Waals surface area contributed by atoms with E-state index in [1.165, 1.54) is 19.3 Å². The van der Waals surface area contributed by atoms with E-state index in [4.69, 9.17) is 4.74 Å². The van der Waals surface area contributed by atoms with Crippen LogP contribution in [0.2, 0.25) is 0 Å². The van der Waals surface area contributed by atoms with E-state index in [9.17, 15) is 8.42 Å². The Balaban J connectivity index is 1.49. The van der Waals surface area contributed by atoms with Crippen molar-refractivity contribution in [3.63, 3.8) is 0 Å². The summed E-state index contributed by atoms with van der Waals surface area (Å²) >= 11 is 0. The molecule has 7 nitrogen and oxygen atoms in total. The molecule has 0 amide bonds. The number of nitrogens with one attached hydrogen (secondary N) is 1. The van der Waals surface area contributed by atoms with Crippen LogP contribution in [0.5, 0.6) is 5.75 Å². The maximum atomic E-state index is 12.9. The van der Waals surface area contributed by atoms with Gasteiger partial charge in [-0.25, -0.2) is 8.42 Å². The molecule has 1 fully saturated rings. The normalized spacial score (nSPS) is 14.3. The maximum absolute atomic E-state index is 12.9. The van der Waals surface area contributed by atoms with Crippen molar-refractivity contribution in [2.75, 3.05) is 29.8 Å². The molecule has 8 heteroatoms. The molecule has 2 heterocycles. The fourth-order valence-corrected chi connectivity index (χ4v) is 5.33. The molecule has 0 aliphatic carbocycles. The van der Waals surface area contributed by atoms with Crippen LogP contribution in [0.15, 0.2) is 53.4 Å². The fraction of sp³-hybridized carbons (Fsp3) is 0.333. The second-order valence-electron chi connectivity index (χ2n) is 8.09. The van der Waals surface area contributed by atoms with Crippen molar-refractivity contribution in [2.45, 2.75) is 38.0 Å². The van der Waals surface area contributed by atoms with E-state index in [2.05, 4.69) is 19.8 Å². The van der Waals surface area contributed by atoms with E-state index in [1.54, 1.807) is 38.3 Å². The zero-order valence-electron chi connectivity index (χ0n) is 18.6. The molecule has 2 aromatic carbocycles. The zero-order valence-corrected chi connectivity index (χ0v) is 19.4. The topological polar surface area (TPSA) is 84.4 Å².